The Morgan fingerprint density at radius 1 is 1.16 bits per heavy atom. The third-order valence-corrected chi connectivity index (χ3v) is 7.58. The number of rotatable bonds is 4. The summed E-state index contributed by atoms with van der Waals surface area (Å²) in [7, 11) is 0. The van der Waals surface area contributed by atoms with Crippen LogP contribution >= 0.6 is 11.3 Å². The minimum atomic E-state index is -1.12. The van der Waals surface area contributed by atoms with Crippen LogP contribution in [0.15, 0.2) is 24.3 Å². The molecule has 5 amide bonds. The molecule has 0 unspecified atom stereocenters. The summed E-state index contributed by atoms with van der Waals surface area (Å²) in [5.41, 5.74) is 7.51. The first kappa shape index (κ1) is 19.7. The van der Waals surface area contributed by atoms with Gasteiger partial charge in [0.25, 0.3) is 11.8 Å². The number of carbonyl (C=O) groups is 4. The van der Waals surface area contributed by atoms with E-state index < -0.39 is 35.8 Å². The van der Waals surface area contributed by atoms with E-state index in [0.29, 0.717) is 17.0 Å². The number of thiophene rings is 1. The van der Waals surface area contributed by atoms with Crippen LogP contribution in [-0.2, 0) is 34.4 Å². The summed E-state index contributed by atoms with van der Waals surface area (Å²) >= 11 is 1.34. The second-order valence-corrected chi connectivity index (χ2v) is 9.32. The summed E-state index contributed by atoms with van der Waals surface area (Å²) in [6.07, 6.45) is 4.68. The molecule has 8 nitrogen and oxygen atoms in total. The Morgan fingerprint density at radius 3 is 2.77 bits per heavy atom. The summed E-state index contributed by atoms with van der Waals surface area (Å²) in [5.74, 6) is -1.53. The van der Waals surface area contributed by atoms with Gasteiger partial charge < -0.3 is 16.4 Å². The number of benzene rings is 1. The topological polar surface area (TPSA) is 122 Å². The molecule has 1 atom stereocenters. The minimum absolute atomic E-state index is 0.348. The number of nitrogens with zero attached hydrogens (tertiary/aromatic N) is 1. The minimum Gasteiger partial charge on any atom is -0.365 e. The average Bonchev–Trinajstić information content (AvgIpc) is 3.37. The lowest BCUT2D eigenvalue weighted by molar-refractivity contribution is -0.134. The van der Waals surface area contributed by atoms with Crippen LogP contribution in [0.25, 0.3) is 0 Å². The van der Waals surface area contributed by atoms with Crippen molar-refractivity contribution < 1.29 is 19.2 Å². The molecule has 1 spiro atoms. The third kappa shape index (κ3) is 3.03. The first-order valence-corrected chi connectivity index (χ1v) is 11.2. The molecule has 160 valence electrons. The Hall–Kier alpha value is -3.20. The lowest BCUT2D eigenvalue weighted by atomic mass is 9.76. The highest BCUT2D eigenvalue weighted by atomic mass is 32.1. The van der Waals surface area contributed by atoms with Crippen LogP contribution < -0.4 is 16.4 Å². The van der Waals surface area contributed by atoms with E-state index in [0.717, 1.165) is 58.6 Å². The predicted molar refractivity (Wildman–Crippen MR) is 115 cm³/mol. The van der Waals surface area contributed by atoms with Gasteiger partial charge in [-0.1, -0.05) is 24.3 Å². The van der Waals surface area contributed by atoms with Crippen molar-refractivity contribution >= 4 is 40.1 Å². The van der Waals surface area contributed by atoms with Gasteiger partial charge in [0.2, 0.25) is 5.91 Å². The van der Waals surface area contributed by atoms with Crippen LogP contribution in [0.4, 0.5) is 9.80 Å². The van der Waals surface area contributed by atoms with Gasteiger partial charge in [-0.25, -0.2) is 4.79 Å². The molecule has 2 aliphatic carbocycles. The van der Waals surface area contributed by atoms with Crippen LogP contribution in [0.3, 0.4) is 0 Å². The van der Waals surface area contributed by atoms with Crippen molar-refractivity contribution in [2.45, 2.75) is 44.1 Å². The fourth-order valence-corrected chi connectivity index (χ4v) is 6.33. The number of aryl methyl sites for hydroxylation is 2. The van der Waals surface area contributed by atoms with Crippen LogP contribution in [-0.4, -0.2) is 35.2 Å². The van der Waals surface area contributed by atoms with Crippen molar-refractivity contribution in [3.8, 4) is 0 Å². The van der Waals surface area contributed by atoms with Crippen molar-refractivity contribution in [1.29, 1.82) is 0 Å². The molecule has 1 aromatic heterocycles. The number of carbonyl (C=O) groups excluding carboxylic acids is 4. The lowest BCUT2D eigenvalue weighted by Gasteiger charge is -2.33. The standard InChI is InChI=1S/C22H22N4O4S/c23-18(28)17-13-7-3-9-15(13)31-19(17)24-16(27)11-26-20(29)22(25-21(26)30)10-4-6-12-5-1-2-8-14(12)22/h1-2,5,8H,3-4,6-7,9-11H2,(H2,23,28)(H,24,27)(H,25,30)/t22-/m0/s1. The Balaban J connectivity index is 1.37. The van der Waals surface area contributed by atoms with Crippen LogP contribution in [0, 0.1) is 0 Å². The maximum atomic E-state index is 13.3. The molecule has 3 aliphatic rings. The fraction of sp³-hybridized carbons (Fsp3) is 0.364. The van der Waals surface area contributed by atoms with Crippen LogP contribution in [0.2, 0.25) is 0 Å². The van der Waals surface area contributed by atoms with Gasteiger partial charge >= 0.3 is 6.03 Å². The molecule has 4 N–H and O–H groups in total. The van der Waals surface area contributed by atoms with Gasteiger partial charge in [-0.2, -0.15) is 0 Å². The van der Waals surface area contributed by atoms with Crippen molar-refractivity contribution in [3.05, 3.63) is 51.4 Å². The summed E-state index contributed by atoms with van der Waals surface area (Å²) in [6.45, 7) is -0.421. The van der Waals surface area contributed by atoms with Crippen molar-refractivity contribution in [2.75, 3.05) is 11.9 Å². The quantitative estimate of drug-likeness (QED) is 0.633. The monoisotopic (exact) mass is 438 g/mol. The van der Waals surface area contributed by atoms with Gasteiger partial charge in [0.15, 0.2) is 0 Å². The smallest absolute Gasteiger partial charge is 0.325 e. The second kappa shape index (κ2) is 7.19. The molecule has 2 heterocycles. The number of urea groups is 1. The summed E-state index contributed by atoms with van der Waals surface area (Å²) in [6, 6.07) is 7.01. The zero-order chi connectivity index (χ0) is 21.8. The molecular weight excluding hydrogens is 416 g/mol. The molecule has 1 saturated heterocycles. The van der Waals surface area contributed by atoms with Crippen LogP contribution in [0.1, 0.15) is 51.2 Å². The zero-order valence-corrected chi connectivity index (χ0v) is 17.6. The number of primary amides is 1. The molecule has 1 fully saturated rings. The van der Waals surface area contributed by atoms with E-state index in [4.69, 9.17) is 5.73 Å². The molecule has 9 heteroatoms. The molecule has 0 radical (unpaired) electrons. The molecule has 1 aromatic carbocycles. The molecule has 5 rings (SSSR count). The first-order valence-electron chi connectivity index (χ1n) is 10.4. The molecule has 2 aromatic rings. The molecular formula is C22H22N4O4S. The van der Waals surface area contributed by atoms with Crippen molar-refractivity contribution in [2.24, 2.45) is 5.73 Å². The van der Waals surface area contributed by atoms with Gasteiger partial charge in [0.1, 0.15) is 17.1 Å². The number of nitrogens with one attached hydrogen (secondary N) is 2. The number of hydrogen-bond acceptors (Lipinski definition) is 5. The van der Waals surface area contributed by atoms with Gasteiger partial charge in [0.05, 0.1) is 5.56 Å². The first-order chi connectivity index (χ1) is 14.9. The third-order valence-electron chi connectivity index (χ3n) is 6.37. The number of anilines is 1. The summed E-state index contributed by atoms with van der Waals surface area (Å²) in [4.78, 5) is 52.7. The van der Waals surface area contributed by atoms with E-state index in [9.17, 15) is 19.2 Å². The highest BCUT2D eigenvalue weighted by Gasteiger charge is 2.54. The number of imide groups is 1. The zero-order valence-electron chi connectivity index (χ0n) is 16.8. The number of amides is 5. The Morgan fingerprint density at radius 2 is 1.97 bits per heavy atom. The number of hydrogen-bond donors (Lipinski definition) is 3. The summed E-state index contributed by atoms with van der Waals surface area (Å²) < 4.78 is 0. The van der Waals surface area contributed by atoms with E-state index in [1.54, 1.807) is 0 Å². The average molecular weight is 439 g/mol. The van der Waals surface area contributed by atoms with Crippen molar-refractivity contribution in [1.82, 2.24) is 10.2 Å². The van der Waals surface area contributed by atoms with E-state index in [-0.39, 0.29) is 0 Å². The Labute approximate surface area is 182 Å². The number of fused-ring (bicyclic) bond motifs is 3. The summed E-state index contributed by atoms with van der Waals surface area (Å²) in [5, 5.41) is 5.94. The Bertz CT molecular complexity index is 1140. The van der Waals surface area contributed by atoms with E-state index in [1.165, 1.54) is 11.3 Å². The lowest BCUT2D eigenvalue weighted by Crippen LogP contribution is -2.47. The van der Waals surface area contributed by atoms with Gasteiger partial charge in [-0.05, 0) is 55.2 Å². The number of nitrogens with two attached hydrogens (primary N) is 1. The maximum absolute atomic E-state index is 13.3. The van der Waals surface area contributed by atoms with E-state index >= 15 is 0 Å². The highest BCUT2D eigenvalue weighted by Crippen LogP contribution is 2.41. The molecule has 0 saturated carbocycles. The highest BCUT2D eigenvalue weighted by molar-refractivity contribution is 7.17. The largest absolute Gasteiger partial charge is 0.365 e. The van der Waals surface area contributed by atoms with Crippen LogP contribution in [0.5, 0.6) is 0 Å². The van der Waals surface area contributed by atoms with E-state index in [2.05, 4.69) is 10.6 Å². The van der Waals surface area contributed by atoms with Gasteiger partial charge in [-0.3, -0.25) is 19.3 Å². The maximum Gasteiger partial charge on any atom is 0.325 e. The Kier molecular flexibility index (Phi) is 4.58. The normalized spacial score (nSPS) is 21.7. The predicted octanol–water partition coefficient (Wildman–Crippen LogP) is 2.06. The molecule has 1 aliphatic heterocycles. The SMILES string of the molecule is NC(=O)c1c(NC(=O)CN2C(=O)N[C@]3(CCCc4ccccc43)C2=O)sc2c1CCC2. The fourth-order valence-electron chi connectivity index (χ4n) is 5.02. The molecule has 31 heavy (non-hydrogen) atoms. The van der Waals surface area contributed by atoms with Gasteiger partial charge in [-0.15, -0.1) is 11.3 Å². The molecule has 0 bridgehead atoms. The van der Waals surface area contributed by atoms with E-state index in [1.807, 2.05) is 24.3 Å². The second-order valence-electron chi connectivity index (χ2n) is 8.21. The van der Waals surface area contributed by atoms with Gasteiger partial charge in [0, 0.05) is 4.88 Å². The van der Waals surface area contributed by atoms with Crippen molar-refractivity contribution in [3.63, 3.8) is 0 Å².